The average molecular weight is 215 g/mol. The molecule has 2 heteroatoms. The van der Waals surface area contributed by atoms with Crippen molar-refractivity contribution in [2.75, 3.05) is 0 Å². The standard InChI is InChI=1S/C14H17NO/c1-14(2,13(15)16)9-11-8-7-10-5-3-4-6-12(10)11/h3-8,11H,9H2,1-2H3,(H2,15,16). The number of benzene rings is 1. The molecule has 0 saturated heterocycles. The van der Waals surface area contributed by atoms with Crippen molar-refractivity contribution in [2.45, 2.75) is 26.2 Å². The molecule has 0 saturated carbocycles. The lowest BCUT2D eigenvalue weighted by molar-refractivity contribution is -0.126. The maximum atomic E-state index is 11.3. The molecule has 16 heavy (non-hydrogen) atoms. The van der Waals surface area contributed by atoms with Crippen molar-refractivity contribution in [3.05, 3.63) is 41.5 Å². The van der Waals surface area contributed by atoms with Gasteiger partial charge < -0.3 is 5.73 Å². The second kappa shape index (κ2) is 3.78. The number of carbonyl (C=O) groups excluding carboxylic acids is 1. The van der Waals surface area contributed by atoms with Gasteiger partial charge in [0.1, 0.15) is 0 Å². The molecule has 1 aromatic carbocycles. The molecule has 0 fully saturated rings. The van der Waals surface area contributed by atoms with Crippen LogP contribution in [0.2, 0.25) is 0 Å². The average Bonchev–Trinajstić information content (AvgIpc) is 2.61. The van der Waals surface area contributed by atoms with Gasteiger partial charge in [-0.15, -0.1) is 0 Å². The first-order chi connectivity index (χ1) is 7.50. The highest BCUT2D eigenvalue weighted by molar-refractivity contribution is 5.80. The summed E-state index contributed by atoms with van der Waals surface area (Å²) in [7, 11) is 0. The highest BCUT2D eigenvalue weighted by atomic mass is 16.1. The number of amides is 1. The van der Waals surface area contributed by atoms with Gasteiger partial charge in [0.2, 0.25) is 5.91 Å². The Morgan fingerprint density at radius 3 is 2.75 bits per heavy atom. The monoisotopic (exact) mass is 215 g/mol. The quantitative estimate of drug-likeness (QED) is 0.827. The first kappa shape index (κ1) is 10.9. The summed E-state index contributed by atoms with van der Waals surface area (Å²) in [5.41, 5.74) is 7.51. The van der Waals surface area contributed by atoms with Crippen LogP contribution in [0.3, 0.4) is 0 Å². The Morgan fingerprint density at radius 2 is 2.06 bits per heavy atom. The summed E-state index contributed by atoms with van der Waals surface area (Å²) in [6, 6.07) is 8.29. The van der Waals surface area contributed by atoms with Gasteiger partial charge in [-0.1, -0.05) is 50.3 Å². The van der Waals surface area contributed by atoms with E-state index in [0.29, 0.717) is 5.92 Å². The number of hydrogen-bond acceptors (Lipinski definition) is 1. The molecule has 0 aromatic heterocycles. The van der Waals surface area contributed by atoms with Crippen LogP contribution < -0.4 is 5.73 Å². The van der Waals surface area contributed by atoms with E-state index in [9.17, 15) is 4.79 Å². The fourth-order valence-corrected chi connectivity index (χ4v) is 2.15. The zero-order valence-electron chi connectivity index (χ0n) is 9.73. The Bertz CT molecular complexity index is 446. The first-order valence-electron chi connectivity index (χ1n) is 5.58. The summed E-state index contributed by atoms with van der Waals surface area (Å²) in [5.74, 6) is 0.0870. The summed E-state index contributed by atoms with van der Waals surface area (Å²) >= 11 is 0. The highest BCUT2D eigenvalue weighted by Gasteiger charge is 2.30. The van der Waals surface area contributed by atoms with Gasteiger partial charge in [0, 0.05) is 11.3 Å². The van der Waals surface area contributed by atoms with E-state index in [1.54, 1.807) is 0 Å². The van der Waals surface area contributed by atoms with Gasteiger partial charge in [-0.2, -0.15) is 0 Å². The van der Waals surface area contributed by atoms with Crippen LogP contribution in [0, 0.1) is 5.41 Å². The third kappa shape index (κ3) is 1.87. The van der Waals surface area contributed by atoms with Gasteiger partial charge in [0.25, 0.3) is 0 Å². The number of nitrogens with two attached hydrogens (primary N) is 1. The van der Waals surface area contributed by atoms with E-state index in [-0.39, 0.29) is 5.91 Å². The maximum absolute atomic E-state index is 11.3. The van der Waals surface area contributed by atoms with Crippen LogP contribution in [0.5, 0.6) is 0 Å². The second-order valence-electron chi connectivity index (χ2n) is 5.05. The topological polar surface area (TPSA) is 43.1 Å². The Labute approximate surface area is 96.2 Å². The minimum atomic E-state index is -0.452. The number of primary amides is 1. The molecule has 1 atom stereocenters. The Morgan fingerprint density at radius 1 is 1.38 bits per heavy atom. The lowest BCUT2D eigenvalue weighted by Gasteiger charge is -2.24. The molecule has 0 heterocycles. The molecular formula is C14H17NO. The molecule has 0 aliphatic heterocycles. The number of carbonyl (C=O) groups is 1. The molecule has 1 aromatic rings. The second-order valence-corrected chi connectivity index (χ2v) is 5.05. The summed E-state index contributed by atoms with van der Waals surface area (Å²) in [6.45, 7) is 3.81. The molecule has 2 N–H and O–H groups in total. The third-order valence-corrected chi connectivity index (χ3v) is 3.30. The van der Waals surface area contributed by atoms with Crippen molar-refractivity contribution >= 4 is 12.0 Å². The van der Waals surface area contributed by atoms with E-state index in [4.69, 9.17) is 5.73 Å². The van der Waals surface area contributed by atoms with E-state index >= 15 is 0 Å². The van der Waals surface area contributed by atoms with E-state index in [1.165, 1.54) is 11.1 Å². The van der Waals surface area contributed by atoms with E-state index in [1.807, 2.05) is 26.0 Å². The van der Waals surface area contributed by atoms with Crippen LogP contribution in [0.25, 0.3) is 6.08 Å². The Balaban J connectivity index is 2.21. The molecule has 0 spiro atoms. The van der Waals surface area contributed by atoms with Gasteiger partial charge in [-0.25, -0.2) is 0 Å². The molecule has 2 nitrogen and oxygen atoms in total. The number of hydrogen-bond donors (Lipinski definition) is 1. The smallest absolute Gasteiger partial charge is 0.223 e. The number of fused-ring (bicyclic) bond motifs is 1. The van der Waals surface area contributed by atoms with Gasteiger partial charge in [-0.3, -0.25) is 4.79 Å². The SMILES string of the molecule is CC(C)(CC1C=Cc2ccccc21)C(N)=O. The van der Waals surface area contributed by atoms with Crippen molar-refractivity contribution in [1.82, 2.24) is 0 Å². The van der Waals surface area contributed by atoms with Crippen molar-refractivity contribution < 1.29 is 4.79 Å². The molecule has 1 amide bonds. The molecule has 0 bridgehead atoms. The third-order valence-electron chi connectivity index (χ3n) is 3.30. The summed E-state index contributed by atoms with van der Waals surface area (Å²) < 4.78 is 0. The van der Waals surface area contributed by atoms with E-state index in [0.717, 1.165) is 6.42 Å². The highest BCUT2D eigenvalue weighted by Crippen LogP contribution is 2.38. The summed E-state index contributed by atoms with van der Waals surface area (Å²) in [5, 5.41) is 0. The van der Waals surface area contributed by atoms with Gasteiger partial charge in [0.05, 0.1) is 0 Å². The van der Waals surface area contributed by atoms with Gasteiger partial charge in [-0.05, 0) is 17.5 Å². The Kier molecular flexibility index (Phi) is 2.58. The normalized spacial score (nSPS) is 18.5. The summed E-state index contributed by atoms with van der Waals surface area (Å²) in [4.78, 5) is 11.3. The molecule has 1 aliphatic rings. The number of allylic oxidation sites excluding steroid dienone is 1. The molecular weight excluding hydrogens is 198 g/mol. The fourth-order valence-electron chi connectivity index (χ4n) is 2.15. The van der Waals surface area contributed by atoms with Crippen LogP contribution >= 0.6 is 0 Å². The number of rotatable bonds is 3. The molecule has 84 valence electrons. The Hall–Kier alpha value is -1.57. The van der Waals surface area contributed by atoms with Gasteiger partial charge >= 0.3 is 0 Å². The predicted octanol–water partition coefficient (Wildman–Crippen LogP) is 2.70. The zero-order valence-corrected chi connectivity index (χ0v) is 9.73. The molecule has 1 unspecified atom stereocenters. The van der Waals surface area contributed by atoms with Crippen molar-refractivity contribution in [3.8, 4) is 0 Å². The largest absolute Gasteiger partial charge is 0.369 e. The molecule has 0 radical (unpaired) electrons. The van der Waals surface area contributed by atoms with Crippen LogP contribution in [-0.4, -0.2) is 5.91 Å². The zero-order chi connectivity index (χ0) is 11.8. The fraction of sp³-hybridized carbons (Fsp3) is 0.357. The van der Waals surface area contributed by atoms with E-state index in [2.05, 4.69) is 24.3 Å². The van der Waals surface area contributed by atoms with Crippen molar-refractivity contribution in [1.29, 1.82) is 0 Å². The molecule has 1 aliphatic carbocycles. The van der Waals surface area contributed by atoms with Crippen molar-refractivity contribution in [3.63, 3.8) is 0 Å². The molecule has 2 rings (SSSR count). The lowest BCUT2D eigenvalue weighted by Crippen LogP contribution is -2.32. The lowest BCUT2D eigenvalue weighted by atomic mass is 9.80. The van der Waals surface area contributed by atoms with E-state index < -0.39 is 5.41 Å². The van der Waals surface area contributed by atoms with Crippen LogP contribution in [-0.2, 0) is 4.79 Å². The minimum absolute atomic E-state index is 0.231. The van der Waals surface area contributed by atoms with Gasteiger partial charge in [0.15, 0.2) is 0 Å². The van der Waals surface area contributed by atoms with Crippen LogP contribution in [0.15, 0.2) is 30.3 Å². The minimum Gasteiger partial charge on any atom is -0.369 e. The first-order valence-corrected chi connectivity index (χ1v) is 5.58. The van der Waals surface area contributed by atoms with Crippen molar-refractivity contribution in [2.24, 2.45) is 11.1 Å². The predicted molar refractivity (Wildman–Crippen MR) is 65.8 cm³/mol. The maximum Gasteiger partial charge on any atom is 0.223 e. The van der Waals surface area contributed by atoms with Crippen LogP contribution in [0.1, 0.15) is 37.3 Å². The summed E-state index contributed by atoms with van der Waals surface area (Å²) in [6.07, 6.45) is 5.06. The van der Waals surface area contributed by atoms with Crippen LogP contribution in [0.4, 0.5) is 0 Å².